The van der Waals surface area contributed by atoms with Crippen molar-refractivity contribution in [1.29, 1.82) is 0 Å². The number of nitrogens with one attached hydrogen (secondary N) is 1. The first-order valence-electron chi connectivity index (χ1n) is 6.66. The van der Waals surface area contributed by atoms with Crippen molar-refractivity contribution in [3.63, 3.8) is 0 Å². The molecule has 0 heterocycles. The SMILES string of the molecule is CC(C)NCC1(C2=CCCCC2)CCC1. The molecule has 2 rings (SSSR count). The van der Waals surface area contributed by atoms with E-state index in [-0.39, 0.29) is 0 Å². The Morgan fingerprint density at radius 1 is 1.27 bits per heavy atom. The van der Waals surface area contributed by atoms with Crippen molar-refractivity contribution in [2.45, 2.75) is 64.8 Å². The summed E-state index contributed by atoms with van der Waals surface area (Å²) in [5.41, 5.74) is 2.36. The third kappa shape index (κ3) is 2.44. The predicted octanol–water partition coefficient (Wildman–Crippen LogP) is 3.66. The van der Waals surface area contributed by atoms with Crippen molar-refractivity contribution >= 4 is 0 Å². The fraction of sp³-hybridized carbons (Fsp3) is 0.857. The van der Waals surface area contributed by atoms with Gasteiger partial charge in [0, 0.05) is 18.0 Å². The molecular formula is C14H25N. The Hall–Kier alpha value is -0.300. The van der Waals surface area contributed by atoms with Gasteiger partial charge in [-0.2, -0.15) is 0 Å². The van der Waals surface area contributed by atoms with Crippen molar-refractivity contribution in [1.82, 2.24) is 5.32 Å². The zero-order valence-electron chi connectivity index (χ0n) is 10.3. The van der Waals surface area contributed by atoms with Gasteiger partial charge >= 0.3 is 0 Å². The second-order valence-electron chi connectivity index (χ2n) is 5.64. The summed E-state index contributed by atoms with van der Waals surface area (Å²) in [7, 11) is 0. The second-order valence-corrected chi connectivity index (χ2v) is 5.64. The maximum atomic E-state index is 3.64. The molecule has 1 fully saturated rings. The van der Waals surface area contributed by atoms with Gasteiger partial charge < -0.3 is 5.32 Å². The molecule has 15 heavy (non-hydrogen) atoms. The molecule has 0 atom stereocenters. The van der Waals surface area contributed by atoms with E-state index in [0.717, 1.165) is 0 Å². The van der Waals surface area contributed by atoms with Crippen LogP contribution in [0.1, 0.15) is 58.8 Å². The van der Waals surface area contributed by atoms with Crippen LogP contribution >= 0.6 is 0 Å². The minimum absolute atomic E-state index is 0.574. The van der Waals surface area contributed by atoms with Crippen molar-refractivity contribution in [3.8, 4) is 0 Å². The summed E-state index contributed by atoms with van der Waals surface area (Å²) in [6.07, 6.45) is 12.4. The lowest BCUT2D eigenvalue weighted by molar-refractivity contribution is 0.166. The Labute approximate surface area is 94.3 Å². The molecule has 1 heteroatoms. The van der Waals surface area contributed by atoms with Crippen LogP contribution in [0.2, 0.25) is 0 Å². The van der Waals surface area contributed by atoms with Gasteiger partial charge in [0.2, 0.25) is 0 Å². The quantitative estimate of drug-likeness (QED) is 0.694. The molecule has 0 bridgehead atoms. The summed E-state index contributed by atoms with van der Waals surface area (Å²) in [6, 6.07) is 0.631. The molecule has 0 radical (unpaired) electrons. The molecule has 0 aromatic heterocycles. The first-order valence-corrected chi connectivity index (χ1v) is 6.66. The maximum Gasteiger partial charge on any atom is 0.00476 e. The lowest BCUT2D eigenvalue weighted by Crippen LogP contribution is -2.43. The van der Waals surface area contributed by atoms with Gasteiger partial charge in [-0.15, -0.1) is 0 Å². The monoisotopic (exact) mass is 207 g/mol. The molecule has 2 aliphatic rings. The van der Waals surface area contributed by atoms with Crippen molar-refractivity contribution in [3.05, 3.63) is 11.6 Å². The fourth-order valence-corrected chi connectivity index (χ4v) is 2.93. The van der Waals surface area contributed by atoms with Crippen LogP contribution in [0, 0.1) is 5.41 Å². The number of allylic oxidation sites excluding steroid dienone is 1. The summed E-state index contributed by atoms with van der Waals surface area (Å²) in [6.45, 7) is 5.72. The van der Waals surface area contributed by atoms with E-state index in [9.17, 15) is 0 Å². The van der Waals surface area contributed by atoms with Crippen LogP contribution < -0.4 is 5.32 Å². The normalized spacial score (nSPS) is 24.9. The van der Waals surface area contributed by atoms with Crippen LogP contribution in [-0.4, -0.2) is 12.6 Å². The molecule has 0 spiro atoms. The van der Waals surface area contributed by atoms with Crippen LogP contribution in [0.25, 0.3) is 0 Å². The minimum atomic E-state index is 0.574. The Balaban J connectivity index is 1.97. The second kappa shape index (κ2) is 4.69. The Kier molecular flexibility index (Phi) is 3.50. The molecule has 0 amide bonds. The van der Waals surface area contributed by atoms with Gasteiger partial charge in [-0.25, -0.2) is 0 Å². The average Bonchev–Trinajstić information content (AvgIpc) is 2.17. The van der Waals surface area contributed by atoms with Gasteiger partial charge in [-0.05, 0) is 38.5 Å². The van der Waals surface area contributed by atoms with Crippen LogP contribution in [0.15, 0.2) is 11.6 Å². The first kappa shape index (κ1) is 11.2. The van der Waals surface area contributed by atoms with Gasteiger partial charge in [0.1, 0.15) is 0 Å². The van der Waals surface area contributed by atoms with Crippen molar-refractivity contribution in [2.75, 3.05) is 6.54 Å². The summed E-state index contributed by atoms with van der Waals surface area (Å²) in [5.74, 6) is 0. The molecule has 0 aromatic carbocycles. The third-order valence-corrected chi connectivity index (χ3v) is 4.13. The summed E-state index contributed by atoms with van der Waals surface area (Å²) in [5, 5.41) is 3.64. The van der Waals surface area contributed by atoms with Gasteiger partial charge in [0.15, 0.2) is 0 Å². The predicted molar refractivity (Wildman–Crippen MR) is 66.0 cm³/mol. The topological polar surface area (TPSA) is 12.0 Å². The number of hydrogen-bond acceptors (Lipinski definition) is 1. The highest BCUT2D eigenvalue weighted by Gasteiger charge is 2.39. The zero-order valence-corrected chi connectivity index (χ0v) is 10.3. The molecule has 0 aromatic rings. The van der Waals surface area contributed by atoms with E-state index in [1.807, 2.05) is 0 Å². The summed E-state index contributed by atoms with van der Waals surface area (Å²) >= 11 is 0. The molecule has 1 nitrogen and oxygen atoms in total. The molecule has 1 N–H and O–H groups in total. The summed E-state index contributed by atoms with van der Waals surface area (Å²) in [4.78, 5) is 0. The molecule has 0 aliphatic heterocycles. The molecule has 0 unspecified atom stereocenters. The zero-order chi connectivity index (χ0) is 10.7. The molecular weight excluding hydrogens is 182 g/mol. The van der Waals surface area contributed by atoms with Gasteiger partial charge in [-0.3, -0.25) is 0 Å². The largest absolute Gasteiger partial charge is 0.314 e. The van der Waals surface area contributed by atoms with Gasteiger partial charge in [0.25, 0.3) is 0 Å². The molecule has 86 valence electrons. The smallest absolute Gasteiger partial charge is 0.00476 e. The highest BCUT2D eigenvalue weighted by atomic mass is 14.9. The summed E-state index contributed by atoms with van der Waals surface area (Å²) < 4.78 is 0. The average molecular weight is 207 g/mol. The Morgan fingerprint density at radius 2 is 2.07 bits per heavy atom. The van der Waals surface area contributed by atoms with Gasteiger partial charge in [0.05, 0.1) is 0 Å². The highest BCUT2D eigenvalue weighted by Crippen LogP contribution is 2.49. The van der Waals surface area contributed by atoms with Crippen molar-refractivity contribution in [2.24, 2.45) is 5.41 Å². The molecule has 0 saturated heterocycles. The standard InChI is InChI=1S/C14H25N/c1-12(2)15-11-14(9-6-10-14)13-7-4-3-5-8-13/h7,12,15H,3-6,8-11H2,1-2H3. The number of rotatable bonds is 4. The van der Waals surface area contributed by atoms with E-state index >= 15 is 0 Å². The third-order valence-electron chi connectivity index (χ3n) is 4.13. The van der Waals surface area contributed by atoms with Crippen LogP contribution in [-0.2, 0) is 0 Å². The highest BCUT2D eigenvalue weighted by molar-refractivity contribution is 5.20. The van der Waals surface area contributed by atoms with Crippen molar-refractivity contribution < 1.29 is 0 Å². The Morgan fingerprint density at radius 3 is 2.53 bits per heavy atom. The van der Waals surface area contributed by atoms with Crippen LogP contribution in [0.3, 0.4) is 0 Å². The first-order chi connectivity index (χ1) is 7.23. The van der Waals surface area contributed by atoms with E-state index in [1.165, 1.54) is 51.5 Å². The lowest BCUT2D eigenvalue weighted by atomic mass is 9.62. The Bertz CT molecular complexity index is 236. The molecule has 2 aliphatic carbocycles. The van der Waals surface area contributed by atoms with E-state index in [0.29, 0.717) is 11.5 Å². The minimum Gasteiger partial charge on any atom is -0.314 e. The van der Waals surface area contributed by atoms with E-state index in [1.54, 1.807) is 5.57 Å². The van der Waals surface area contributed by atoms with Gasteiger partial charge in [-0.1, -0.05) is 31.9 Å². The molecule has 1 saturated carbocycles. The maximum absolute atomic E-state index is 3.64. The van der Waals surface area contributed by atoms with Crippen LogP contribution in [0.4, 0.5) is 0 Å². The fourth-order valence-electron chi connectivity index (χ4n) is 2.93. The van der Waals surface area contributed by atoms with E-state index in [2.05, 4.69) is 25.2 Å². The number of hydrogen-bond donors (Lipinski definition) is 1. The lowest BCUT2D eigenvalue weighted by Gasteiger charge is -2.46. The van der Waals surface area contributed by atoms with Crippen LogP contribution in [0.5, 0.6) is 0 Å². The van der Waals surface area contributed by atoms with E-state index < -0.39 is 0 Å². The van der Waals surface area contributed by atoms with E-state index in [4.69, 9.17) is 0 Å².